The quantitative estimate of drug-likeness (QED) is 0.646. The van der Waals surface area contributed by atoms with E-state index in [1.54, 1.807) is 0 Å². The van der Waals surface area contributed by atoms with Gasteiger partial charge in [-0.2, -0.15) is 0 Å². The molecule has 1 atom stereocenters. The van der Waals surface area contributed by atoms with E-state index < -0.39 is 17.7 Å². The van der Waals surface area contributed by atoms with Gasteiger partial charge in [0.15, 0.2) is 0 Å². The molecule has 0 bridgehead atoms. The second-order valence-electron chi connectivity index (χ2n) is 7.71. The number of piperazine rings is 1. The maximum absolute atomic E-state index is 13.0. The van der Waals surface area contributed by atoms with Crippen molar-refractivity contribution in [2.24, 2.45) is 5.92 Å². The molecule has 2 aromatic rings. The zero-order valence-corrected chi connectivity index (χ0v) is 17.4. The van der Waals surface area contributed by atoms with E-state index in [0.29, 0.717) is 12.2 Å². The lowest BCUT2D eigenvalue weighted by Gasteiger charge is -2.35. The first-order valence-electron chi connectivity index (χ1n) is 10.4. The molecule has 6 nitrogen and oxygen atoms in total. The number of nitrogens with one attached hydrogen (secondary N) is 1. The van der Waals surface area contributed by atoms with Gasteiger partial charge in [-0.3, -0.25) is 19.4 Å². The summed E-state index contributed by atoms with van der Waals surface area (Å²) in [6.07, 6.45) is 4.13. The first-order chi connectivity index (χ1) is 15.0. The first kappa shape index (κ1) is 22.7. The number of carbonyl (C=O) groups excluding carboxylic acids is 1. The van der Waals surface area contributed by atoms with Crippen LogP contribution in [-0.4, -0.2) is 66.1 Å². The molecule has 0 radical (unpaired) electrons. The van der Waals surface area contributed by atoms with E-state index in [1.807, 2.05) is 18.2 Å². The number of anilines is 1. The van der Waals surface area contributed by atoms with Crippen molar-refractivity contribution in [3.63, 3.8) is 0 Å². The van der Waals surface area contributed by atoms with Crippen LogP contribution in [0.4, 0.5) is 10.1 Å². The van der Waals surface area contributed by atoms with Crippen LogP contribution in [0.1, 0.15) is 12.0 Å². The van der Waals surface area contributed by atoms with Gasteiger partial charge in [-0.1, -0.05) is 42.5 Å². The molecule has 2 aromatic carbocycles. The van der Waals surface area contributed by atoms with Gasteiger partial charge < -0.3 is 10.4 Å². The number of amides is 1. The number of nitrogens with zero attached hydrogens (tertiary/aromatic N) is 2. The Labute approximate surface area is 182 Å². The fourth-order valence-corrected chi connectivity index (χ4v) is 3.57. The van der Waals surface area contributed by atoms with E-state index >= 15 is 0 Å². The molecule has 1 heterocycles. The predicted octanol–water partition coefficient (Wildman–Crippen LogP) is 3.19. The predicted molar refractivity (Wildman–Crippen MR) is 119 cm³/mol. The third-order valence-electron chi connectivity index (χ3n) is 5.33. The van der Waals surface area contributed by atoms with E-state index in [0.717, 1.165) is 32.7 Å². The van der Waals surface area contributed by atoms with E-state index in [1.165, 1.54) is 29.8 Å². The molecule has 0 aliphatic carbocycles. The number of benzene rings is 2. The third-order valence-corrected chi connectivity index (χ3v) is 5.33. The second kappa shape index (κ2) is 11.4. The standard InChI is InChI=1S/C24H28FN3O3/c25-21-8-10-22(11-9-21)26-23(29)17-20(24(30)31)18-28-15-13-27(14-16-28)12-4-7-19-5-2-1-3-6-19/h1-11,20H,12-18H2,(H,26,29)(H,30,31). The van der Waals surface area contributed by atoms with Gasteiger partial charge in [-0.25, -0.2) is 4.39 Å². The molecule has 0 saturated carbocycles. The van der Waals surface area contributed by atoms with Gasteiger partial charge >= 0.3 is 5.97 Å². The van der Waals surface area contributed by atoms with Gasteiger partial charge in [0.2, 0.25) is 5.91 Å². The van der Waals surface area contributed by atoms with Crippen LogP contribution in [0.3, 0.4) is 0 Å². The fraction of sp³-hybridized carbons (Fsp3) is 0.333. The minimum Gasteiger partial charge on any atom is -0.481 e. The van der Waals surface area contributed by atoms with Crippen molar-refractivity contribution in [1.82, 2.24) is 9.80 Å². The molecular formula is C24H28FN3O3. The van der Waals surface area contributed by atoms with Crippen molar-refractivity contribution in [2.75, 3.05) is 44.6 Å². The SMILES string of the molecule is O=C(CC(CN1CCN(CC=Cc2ccccc2)CC1)C(=O)O)Nc1ccc(F)cc1. The van der Waals surface area contributed by atoms with Crippen molar-refractivity contribution in [2.45, 2.75) is 6.42 Å². The van der Waals surface area contributed by atoms with E-state index in [-0.39, 0.29) is 12.3 Å². The number of hydrogen-bond acceptors (Lipinski definition) is 4. The van der Waals surface area contributed by atoms with Crippen molar-refractivity contribution in [3.8, 4) is 0 Å². The van der Waals surface area contributed by atoms with E-state index in [4.69, 9.17) is 0 Å². The van der Waals surface area contributed by atoms with E-state index in [9.17, 15) is 19.1 Å². The summed E-state index contributed by atoms with van der Waals surface area (Å²) in [6.45, 7) is 4.43. The zero-order chi connectivity index (χ0) is 22.1. The lowest BCUT2D eigenvalue weighted by atomic mass is 10.0. The Morgan fingerprint density at radius 3 is 2.29 bits per heavy atom. The van der Waals surface area contributed by atoms with Crippen molar-refractivity contribution >= 4 is 23.6 Å². The molecule has 1 amide bonds. The highest BCUT2D eigenvalue weighted by atomic mass is 19.1. The molecule has 1 aliphatic heterocycles. The smallest absolute Gasteiger partial charge is 0.308 e. The number of aliphatic carboxylic acids is 1. The maximum atomic E-state index is 13.0. The fourth-order valence-electron chi connectivity index (χ4n) is 3.57. The summed E-state index contributed by atoms with van der Waals surface area (Å²) >= 11 is 0. The summed E-state index contributed by atoms with van der Waals surface area (Å²) in [5, 5.41) is 12.2. The molecule has 0 spiro atoms. The van der Waals surface area contributed by atoms with Gasteiger partial charge in [-0.05, 0) is 29.8 Å². The highest BCUT2D eigenvalue weighted by Gasteiger charge is 2.26. The molecule has 3 rings (SSSR count). The summed E-state index contributed by atoms with van der Waals surface area (Å²) in [5.41, 5.74) is 1.62. The lowest BCUT2D eigenvalue weighted by Crippen LogP contribution is -2.48. The summed E-state index contributed by atoms with van der Waals surface area (Å²) in [5.74, 6) is -2.55. The number of carboxylic acid groups (broad SMARTS) is 1. The molecule has 7 heteroatoms. The highest BCUT2D eigenvalue weighted by molar-refractivity contribution is 5.93. The summed E-state index contributed by atoms with van der Waals surface area (Å²) in [4.78, 5) is 28.3. The molecule has 2 N–H and O–H groups in total. The molecule has 1 aliphatic rings. The van der Waals surface area contributed by atoms with Crippen LogP contribution >= 0.6 is 0 Å². The number of rotatable bonds is 9. The topological polar surface area (TPSA) is 72.9 Å². The third kappa shape index (κ3) is 7.62. The molecule has 1 fully saturated rings. The highest BCUT2D eigenvalue weighted by Crippen LogP contribution is 2.14. The number of carbonyl (C=O) groups is 2. The van der Waals surface area contributed by atoms with Gasteiger partial charge in [0.1, 0.15) is 5.82 Å². The first-order valence-corrected chi connectivity index (χ1v) is 10.4. The normalized spacial score (nSPS) is 16.3. The average Bonchev–Trinajstić information content (AvgIpc) is 2.77. The molecule has 0 aromatic heterocycles. The van der Waals surface area contributed by atoms with Gasteiger partial charge in [0.25, 0.3) is 0 Å². The van der Waals surface area contributed by atoms with Crippen LogP contribution in [-0.2, 0) is 9.59 Å². The van der Waals surface area contributed by atoms with Crippen molar-refractivity contribution in [1.29, 1.82) is 0 Å². The maximum Gasteiger partial charge on any atom is 0.308 e. The Hall–Kier alpha value is -3.03. The minimum absolute atomic E-state index is 0.118. The summed E-state index contributed by atoms with van der Waals surface area (Å²) in [6, 6.07) is 15.5. The van der Waals surface area contributed by atoms with Crippen molar-refractivity contribution < 1.29 is 19.1 Å². The Balaban J connectivity index is 1.42. The average molecular weight is 426 g/mol. The molecular weight excluding hydrogens is 397 g/mol. The Morgan fingerprint density at radius 1 is 1.00 bits per heavy atom. The molecule has 164 valence electrons. The van der Waals surface area contributed by atoms with Crippen LogP contribution < -0.4 is 5.32 Å². The van der Waals surface area contributed by atoms with Crippen LogP contribution in [0.2, 0.25) is 0 Å². The Kier molecular flexibility index (Phi) is 8.32. The van der Waals surface area contributed by atoms with Crippen molar-refractivity contribution in [3.05, 3.63) is 72.1 Å². The molecule has 31 heavy (non-hydrogen) atoms. The largest absolute Gasteiger partial charge is 0.481 e. The Morgan fingerprint density at radius 2 is 1.65 bits per heavy atom. The van der Waals surface area contributed by atoms with Gasteiger partial charge in [0, 0.05) is 51.4 Å². The van der Waals surface area contributed by atoms with Crippen LogP contribution in [0.5, 0.6) is 0 Å². The van der Waals surface area contributed by atoms with Crippen LogP contribution in [0.25, 0.3) is 6.08 Å². The summed E-state index contributed by atoms with van der Waals surface area (Å²) < 4.78 is 13.0. The van der Waals surface area contributed by atoms with E-state index in [2.05, 4.69) is 39.4 Å². The summed E-state index contributed by atoms with van der Waals surface area (Å²) in [7, 11) is 0. The lowest BCUT2D eigenvalue weighted by molar-refractivity contribution is -0.144. The van der Waals surface area contributed by atoms with Crippen LogP contribution in [0, 0.1) is 11.7 Å². The Bertz CT molecular complexity index is 879. The number of carboxylic acids is 1. The van der Waals surface area contributed by atoms with Crippen LogP contribution in [0.15, 0.2) is 60.7 Å². The van der Waals surface area contributed by atoms with Gasteiger partial charge in [-0.15, -0.1) is 0 Å². The number of hydrogen-bond donors (Lipinski definition) is 2. The minimum atomic E-state index is -0.984. The number of halogens is 1. The second-order valence-corrected chi connectivity index (χ2v) is 7.71. The molecule has 1 unspecified atom stereocenters. The molecule has 1 saturated heterocycles. The zero-order valence-electron chi connectivity index (χ0n) is 17.4. The monoisotopic (exact) mass is 425 g/mol. The van der Waals surface area contributed by atoms with Gasteiger partial charge in [0.05, 0.1) is 5.92 Å².